The fourth-order valence-corrected chi connectivity index (χ4v) is 2.89. The first kappa shape index (κ1) is 15.9. The van der Waals surface area contributed by atoms with Crippen molar-refractivity contribution in [3.05, 3.63) is 23.5 Å². The Labute approximate surface area is 116 Å². The zero-order chi connectivity index (χ0) is 14.6. The van der Waals surface area contributed by atoms with Gasteiger partial charge < -0.3 is 5.11 Å². The first-order chi connectivity index (χ1) is 8.72. The molecule has 106 valence electrons. The van der Waals surface area contributed by atoms with E-state index in [0.29, 0.717) is 0 Å². The third kappa shape index (κ3) is 4.77. The topological polar surface area (TPSA) is 96.4 Å². The molecule has 1 aromatic rings. The van der Waals surface area contributed by atoms with Gasteiger partial charge in [0, 0.05) is 12.4 Å². The summed E-state index contributed by atoms with van der Waals surface area (Å²) >= 11 is 5.66. The molecule has 2 N–H and O–H groups in total. The maximum Gasteiger partial charge on any atom is 0.321 e. The van der Waals surface area contributed by atoms with E-state index in [1.165, 1.54) is 12.3 Å². The van der Waals surface area contributed by atoms with Crippen LogP contribution in [0.25, 0.3) is 0 Å². The molecule has 1 heterocycles. The molecule has 0 amide bonds. The standard InChI is InChI=1S/C11H15ClN2O4S/c1-7(2)3-10(11(15)16)14-19(17,18)9-4-8(12)5-13-6-9/h4-7,10,14H,3H2,1-2H3,(H,15,16)/t10-/m1/s1. The van der Waals surface area contributed by atoms with Crippen LogP contribution in [-0.2, 0) is 14.8 Å². The van der Waals surface area contributed by atoms with Crippen molar-refractivity contribution < 1.29 is 18.3 Å². The highest BCUT2D eigenvalue weighted by atomic mass is 35.5. The molecule has 0 bridgehead atoms. The number of halogens is 1. The molecule has 19 heavy (non-hydrogen) atoms. The average Bonchev–Trinajstić information content (AvgIpc) is 2.27. The Hall–Kier alpha value is -1.18. The van der Waals surface area contributed by atoms with E-state index >= 15 is 0 Å². The zero-order valence-electron chi connectivity index (χ0n) is 10.5. The smallest absolute Gasteiger partial charge is 0.321 e. The largest absolute Gasteiger partial charge is 0.480 e. The highest BCUT2D eigenvalue weighted by molar-refractivity contribution is 7.89. The van der Waals surface area contributed by atoms with Gasteiger partial charge in [-0.2, -0.15) is 4.72 Å². The summed E-state index contributed by atoms with van der Waals surface area (Å²) in [5.41, 5.74) is 0. The SMILES string of the molecule is CC(C)C[C@@H](NS(=O)(=O)c1cncc(Cl)c1)C(=O)O. The second-order valence-electron chi connectivity index (χ2n) is 4.48. The molecule has 0 aliphatic heterocycles. The molecule has 0 fully saturated rings. The number of nitrogens with zero attached hydrogens (tertiary/aromatic N) is 1. The highest BCUT2D eigenvalue weighted by Crippen LogP contribution is 2.15. The van der Waals surface area contributed by atoms with Crippen molar-refractivity contribution in [3.63, 3.8) is 0 Å². The van der Waals surface area contributed by atoms with E-state index in [2.05, 4.69) is 9.71 Å². The first-order valence-electron chi connectivity index (χ1n) is 5.58. The van der Waals surface area contributed by atoms with Gasteiger partial charge in [0.05, 0.1) is 5.02 Å². The van der Waals surface area contributed by atoms with Gasteiger partial charge in [0.25, 0.3) is 0 Å². The number of hydrogen-bond acceptors (Lipinski definition) is 4. The normalized spacial score (nSPS) is 13.5. The summed E-state index contributed by atoms with van der Waals surface area (Å²) in [6.07, 6.45) is 2.61. The lowest BCUT2D eigenvalue weighted by Crippen LogP contribution is -2.41. The molecule has 0 aliphatic carbocycles. The van der Waals surface area contributed by atoms with Crippen molar-refractivity contribution in [2.45, 2.75) is 31.2 Å². The van der Waals surface area contributed by atoms with E-state index in [1.54, 1.807) is 0 Å². The van der Waals surface area contributed by atoms with Gasteiger partial charge in [-0.05, 0) is 18.4 Å². The number of pyridine rings is 1. The third-order valence-corrected chi connectivity index (χ3v) is 3.94. The van der Waals surface area contributed by atoms with Gasteiger partial charge in [-0.15, -0.1) is 0 Å². The quantitative estimate of drug-likeness (QED) is 0.830. The number of carboxylic acids is 1. The Morgan fingerprint density at radius 3 is 2.58 bits per heavy atom. The van der Waals surface area contributed by atoms with E-state index in [0.717, 1.165) is 6.20 Å². The summed E-state index contributed by atoms with van der Waals surface area (Å²) in [5, 5.41) is 9.18. The second-order valence-corrected chi connectivity index (χ2v) is 6.63. The number of rotatable bonds is 6. The molecule has 0 spiro atoms. The Morgan fingerprint density at radius 2 is 2.11 bits per heavy atom. The highest BCUT2D eigenvalue weighted by Gasteiger charge is 2.26. The summed E-state index contributed by atoms with van der Waals surface area (Å²) in [5.74, 6) is -1.17. The maximum absolute atomic E-state index is 12.0. The van der Waals surface area contributed by atoms with Crippen molar-refractivity contribution in [1.29, 1.82) is 0 Å². The molecule has 6 nitrogen and oxygen atoms in total. The van der Waals surface area contributed by atoms with E-state index in [4.69, 9.17) is 16.7 Å². The lowest BCUT2D eigenvalue weighted by molar-refractivity contribution is -0.139. The molecule has 0 radical (unpaired) electrons. The molecule has 1 rings (SSSR count). The predicted octanol–water partition coefficient (Wildman–Crippen LogP) is 1.51. The van der Waals surface area contributed by atoms with Crippen molar-refractivity contribution in [2.24, 2.45) is 5.92 Å². The molecule has 8 heteroatoms. The third-order valence-electron chi connectivity index (χ3n) is 2.29. The van der Waals surface area contributed by atoms with Crippen LogP contribution in [0.15, 0.2) is 23.4 Å². The Morgan fingerprint density at radius 1 is 1.47 bits per heavy atom. The number of nitrogens with one attached hydrogen (secondary N) is 1. The summed E-state index contributed by atoms with van der Waals surface area (Å²) in [6, 6.07) is 0.0366. The zero-order valence-corrected chi connectivity index (χ0v) is 12.1. The molecule has 1 aromatic heterocycles. The second kappa shape index (κ2) is 6.31. The Bertz CT molecular complexity index is 560. The lowest BCUT2D eigenvalue weighted by atomic mass is 10.1. The molecule has 0 saturated heterocycles. The van der Waals surface area contributed by atoms with E-state index in [9.17, 15) is 13.2 Å². The number of aromatic nitrogens is 1. The van der Waals surface area contributed by atoms with Crippen molar-refractivity contribution in [2.75, 3.05) is 0 Å². The van der Waals surface area contributed by atoms with E-state index in [1.807, 2.05) is 13.8 Å². The summed E-state index contributed by atoms with van der Waals surface area (Å²) in [7, 11) is -3.95. The fourth-order valence-electron chi connectivity index (χ4n) is 1.47. The summed E-state index contributed by atoms with van der Waals surface area (Å²) in [4.78, 5) is 14.5. The lowest BCUT2D eigenvalue weighted by Gasteiger charge is -2.16. The molecular formula is C11H15ClN2O4S. The summed E-state index contributed by atoms with van der Waals surface area (Å²) < 4.78 is 26.2. The number of carbonyl (C=O) groups is 1. The van der Waals surface area contributed by atoms with Crippen LogP contribution in [-0.4, -0.2) is 30.5 Å². The van der Waals surface area contributed by atoms with E-state index in [-0.39, 0.29) is 22.3 Å². The molecule has 0 saturated carbocycles. The van der Waals surface area contributed by atoms with Crippen LogP contribution in [0.4, 0.5) is 0 Å². The van der Waals surface area contributed by atoms with Gasteiger partial charge in [-0.25, -0.2) is 8.42 Å². The minimum atomic E-state index is -3.95. The Kier molecular flexibility index (Phi) is 5.28. The van der Waals surface area contributed by atoms with Crippen LogP contribution in [0.2, 0.25) is 5.02 Å². The van der Waals surface area contributed by atoms with Crippen LogP contribution in [0.1, 0.15) is 20.3 Å². The molecule has 0 aliphatic rings. The number of sulfonamides is 1. The maximum atomic E-state index is 12.0. The minimum absolute atomic E-state index is 0.0429. The number of hydrogen-bond donors (Lipinski definition) is 2. The summed E-state index contributed by atoms with van der Waals surface area (Å²) in [6.45, 7) is 3.62. The van der Waals surface area contributed by atoms with Gasteiger partial charge in [-0.1, -0.05) is 25.4 Å². The predicted molar refractivity (Wildman–Crippen MR) is 70.4 cm³/mol. The van der Waals surface area contributed by atoms with Crippen LogP contribution in [0.5, 0.6) is 0 Å². The molecular weight excluding hydrogens is 292 g/mol. The number of aliphatic carboxylic acids is 1. The van der Waals surface area contributed by atoms with Gasteiger partial charge in [0.2, 0.25) is 10.0 Å². The first-order valence-corrected chi connectivity index (χ1v) is 7.44. The van der Waals surface area contributed by atoms with Crippen molar-refractivity contribution in [3.8, 4) is 0 Å². The van der Waals surface area contributed by atoms with Gasteiger partial charge >= 0.3 is 5.97 Å². The average molecular weight is 307 g/mol. The van der Waals surface area contributed by atoms with Crippen LogP contribution >= 0.6 is 11.6 Å². The number of carboxylic acid groups (broad SMARTS) is 1. The van der Waals surface area contributed by atoms with Crippen LogP contribution in [0.3, 0.4) is 0 Å². The molecule has 0 aromatic carbocycles. The van der Waals surface area contributed by atoms with Gasteiger partial charge in [0.15, 0.2) is 0 Å². The molecule has 0 unspecified atom stereocenters. The minimum Gasteiger partial charge on any atom is -0.480 e. The van der Waals surface area contributed by atoms with Crippen molar-refractivity contribution >= 4 is 27.6 Å². The monoisotopic (exact) mass is 306 g/mol. The molecule has 1 atom stereocenters. The van der Waals surface area contributed by atoms with E-state index < -0.39 is 22.0 Å². The van der Waals surface area contributed by atoms with Crippen LogP contribution in [0, 0.1) is 5.92 Å². The fraction of sp³-hybridized carbons (Fsp3) is 0.455. The Balaban J connectivity index is 2.97. The van der Waals surface area contributed by atoms with Crippen LogP contribution < -0.4 is 4.72 Å². The van der Waals surface area contributed by atoms with Gasteiger partial charge in [0.1, 0.15) is 10.9 Å². The van der Waals surface area contributed by atoms with Gasteiger partial charge in [-0.3, -0.25) is 9.78 Å². The van der Waals surface area contributed by atoms with Crippen molar-refractivity contribution in [1.82, 2.24) is 9.71 Å².